The fraction of sp³-hybridized carbons (Fsp3) is 0. The standard InChI is InChI=1S/C5H9ClN4/c1-3(8)10-5(9)4(6)2-7/h2H,1,7-8H2,(H2,9,10)/b4-2+. The van der Waals surface area contributed by atoms with E-state index in [1.807, 2.05) is 0 Å². The van der Waals surface area contributed by atoms with Gasteiger partial charge in [-0.2, -0.15) is 0 Å². The summed E-state index contributed by atoms with van der Waals surface area (Å²) in [5.41, 5.74) is 15.4. The topological polar surface area (TPSA) is 90.4 Å². The number of amidine groups is 1. The SMILES string of the molecule is C=C(N)N=C(N)/C(Cl)=C\N. The third-order valence-electron chi connectivity index (χ3n) is 0.655. The second-order valence-corrected chi connectivity index (χ2v) is 1.91. The maximum absolute atomic E-state index is 5.44. The van der Waals surface area contributed by atoms with Gasteiger partial charge in [0, 0.05) is 6.20 Å². The fourth-order valence-electron chi connectivity index (χ4n) is 0.293. The molecule has 0 radical (unpaired) electrons. The van der Waals surface area contributed by atoms with Crippen LogP contribution in [0.2, 0.25) is 0 Å². The quantitative estimate of drug-likeness (QED) is 0.386. The van der Waals surface area contributed by atoms with Crippen LogP contribution < -0.4 is 17.2 Å². The molecule has 0 aromatic carbocycles. The second kappa shape index (κ2) is 3.79. The molecule has 0 aliphatic heterocycles. The second-order valence-electron chi connectivity index (χ2n) is 1.50. The highest BCUT2D eigenvalue weighted by atomic mass is 35.5. The first-order valence-corrected chi connectivity index (χ1v) is 2.82. The van der Waals surface area contributed by atoms with Gasteiger partial charge >= 0.3 is 0 Å². The van der Waals surface area contributed by atoms with Gasteiger partial charge in [0.05, 0.1) is 5.03 Å². The van der Waals surface area contributed by atoms with Gasteiger partial charge in [0.25, 0.3) is 0 Å². The van der Waals surface area contributed by atoms with Crippen LogP contribution >= 0.6 is 11.6 Å². The fourth-order valence-corrected chi connectivity index (χ4v) is 0.336. The molecular weight excluding hydrogens is 152 g/mol. The molecule has 0 spiro atoms. The van der Waals surface area contributed by atoms with E-state index in [4.69, 9.17) is 28.8 Å². The number of aliphatic imine (C=N–C) groups is 1. The Labute approximate surface area is 64.0 Å². The van der Waals surface area contributed by atoms with Crippen molar-refractivity contribution in [2.24, 2.45) is 22.2 Å². The maximum Gasteiger partial charge on any atom is 0.146 e. The van der Waals surface area contributed by atoms with Gasteiger partial charge in [-0.15, -0.1) is 0 Å². The summed E-state index contributed by atoms with van der Waals surface area (Å²) in [6.07, 6.45) is 1.13. The number of halogens is 1. The van der Waals surface area contributed by atoms with Crippen LogP contribution in [-0.4, -0.2) is 5.84 Å². The molecule has 0 amide bonds. The molecule has 0 unspecified atom stereocenters. The predicted octanol–water partition coefficient (Wildman–Crippen LogP) is -0.188. The van der Waals surface area contributed by atoms with Crippen molar-refractivity contribution in [1.82, 2.24) is 0 Å². The summed E-state index contributed by atoms with van der Waals surface area (Å²) in [6.45, 7) is 3.30. The summed E-state index contributed by atoms with van der Waals surface area (Å²) in [5, 5.41) is 0.159. The zero-order valence-electron chi connectivity index (χ0n) is 5.34. The largest absolute Gasteiger partial charge is 0.403 e. The molecule has 0 fully saturated rings. The number of nitrogens with zero attached hydrogens (tertiary/aromatic N) is 1. The molecule has 56 valence electrons. The lowest BCUT2D eigenvalue weighted by Crippen LogP contribution is -2.14. The van der Waals surface area contributed by atoms with Crippen molar-refractivity contribution < 1.29 is 0 Å². The molecule has 0 heterocycles. The van der Waals surface area contributed by atoms with Crippen molar-refractivity contribution >= 4 is 17.4 Å². The van der Waals surface area contributed by atoms with E-state index in [-0.39, 0.29) is 16.7 Å². The minimum atomic E-state index is 0.0664. The number of nitrogens with two attached hydrogens (primary N) is 3. The zero-order chi connectivity index (χ0) is 8.15. The molecule has 0 aliphatic carbocycles. The number of hydrogen-bond acceptors (Lipinski definition) is 3. The van der Waals surface area contributed by atoms with Crippen LogP contribution in [0.5, 0.6) is 0 Å². The van der Waals surface area contributed by atoms with Crippen LogP contribution in [0.3, 0.4) is 0 Å². The summed E-state index contributed by atoms with van der Waals surface area (Å²) < 4.78 is 0. The van der Waals surface area contributed by atoms with E-state index in [2.05, 4.69) is 11.6 Å². The van der Waals surface area contributed by atoms with Crippen molar-refractivity contribution in [2.45, 2.75) is 0 Å². The first-order valence-electron chi connectivity index (χ1n) is 2.44. The van der Waals surface area contributed by atoms with Gasteiger partial charge in [-0.05, 0) is 0 Å². The van der Waals surface area contributed by atoms with Gasteiger partial charge in [-0.1, -0.05) is 18.2 Å². The van der Waals surface area contributed by atoms with E-state index in [0.29, 0.717) is 0 Å². The van der Waals surface area contributed by atoms with Crippen LogP contribution in [0, 0.1) is 0 Å². The number of rotatable bonds is 2. The van der Waals surface area contributed by atoms with Crippen LogP contribution in [0.15, 0.2) is 28.6 Å². The third-order valence-corrected chi connectivity index (χ3v) is 0.975. The summed E-state index contributed by atoms with van der Waals surface area (Å²) >= 11 is 5.44. The van der Waals surface area contributed by atoms with E-state index in [0.717, 1.165) is 6.20 Å². The molecule has 0 aliphatic rings. The van der Waals surface area contributed by atoms with Crippen molar-refractivity contribution in [3.05, 3.63) is 23.6 Å². The highest BCUT2D eigenvalue weighted by molar-refractivity contribution is 6.42. The first kappa shape index (κ1) is 8.84. The Bertz CT molecular complexity index is 194. The maximum atomic E-state index is 5.44. The normalized spacial score (nSPS) is 13.3. The Morgan fingerprint density at radius 3 is 2.30 bits per heavy atom. The van der Waals surface area contributed by atoms with E-state index >= 15 is 0 Å². The van der Waals surface area contributed by atoms with Gasteiger partial charge < -0.3 is 17.2 Å². The number of hydrogen-bond donors (Lipinski definition) is 3. The summed E-state index contributed by atoms with van der Waals surface area (Å²) in [4.78, 5) is 3.55. The first-order chi connectivity index (χ1) is 4.57. The molecule has 0 bridgehead atoms. The summed E-state index contributed by atoms with van der Waals surface area (Å²) in [6, 6.07) is 0. The van der Waals surface area contributed by atoms with E-state index in [9.17, 15) is 0 Å². The molecule has 0 aromatic rings. The van der Waals surface area contributed by atoms with Crippen molar-refractivity contribution in [2.75, 3.05) is 0 Å². The van der Waals surface area contributed by atoms with E-state index in [1.54, 1.807) is 0 Å². The van der Waals surface area contributed by atoms with Crippen LogP contribution in [-0.2, 0) is 0 Å². The van der Waals surface area contributed by atoms with Gasteiger partial charge in [-0.25, -0.2) is 4.99 Å². The van der Waals surface area contributed by atoms with Crippen molar-refractivity contribution in [3.63, 3.8) is 0 Å². The molecule has 0 saturated carbocycles. The van der Waals surface area contributed by atoms with Crippen LogP contribution in [0.25, 0.3) is 0 Å². The van der Waals surface area contributed by atoms with Crippen LogP contribution in [0.1, 0.15) is 0 Å². The lowest BCUT2D eigenvalue weighted by Gasteiger charge is -1.95. The molecule has 4 nitrogen and oxygen atoms in total. The van der Waals surface area contributed by atoms with Crippen LogP contribution in [0.4, 0.5) is 0 Å². The smallest absolute Gasteiger partial charge is 0.146 e. The van der Waals surface area contributed by atoms with Gasteiger partial charge in [-0.3, -0.25) is 0 Å². The molecule has 0 atom stereocenters. The molecule has 0 rings (SSSR count). The van der Waals surface area contributed by atoms with Gasteiger partial charge in [0.15, 0.2) is 0 Å². The molecule has 6 N–H and O–H groups in total. The monoisotopic (exact) mass is 160 g/mol. The molecular formula is C5H9ClN4. The highest BCUT2D eigenvalue weighted by Gasteiger charge is 1.95. The average Bonchev–Trinajstić information content (AvgIpc) is 1.85. The minimum Gasteiger partial charge on any atom is -0.403 e. The summed E-state index contributed by atoms with van der Waals surface area (Å²) in [7, 11) is 0. The van der Waals surface area contributed by atoms with Gasteiger partial charge in [0.2, 0.25) is 0 Å². The Balaban J connectivity index is 4.35. The molecule has 0 saturated heterocycles. The Morgan fingerprint density at radius 2 is 2.00 bits per heavy atom. The van der Waals surface area contributed by atoms with Crippen molar-refractivity contribution in [3.8, 4) is 0 Å². The Kier molecular flexibility index (Phi) is 3.35. The predicted molar refractivity (Wildman–Crippen MR) is 43.1 cm³/mol. The molecule has 0 aromatic heterocycles. The lowest BCUT2D eigenvalue weighted by atomic mass is 10.5. The lowest BCUT2D eigenvalue weighted by molar-refractivity contribution is 1.25. The Morgan fingerprint density at radius 1 is 1.50 bits per heavy atom. The zero-order valence-corrected chi connectivity index (χ0v) is 6.10. The van der Waals surface area contributed by atoms with E-state index in [1.165, 1.54) is 0 Å². The highest BCUT2D eigenvalue weighted by Crippen LogP contribution is 1.98. The minimum absolute atomic E-state index is 0.0664. The molecule has 5 heteroatoms. The van der Waals surface area contributed by atoms with Gasteiger partial charge in [0.1, 0.15) is 11.7 Å². The Hall–Kier alpha value is -1.16. The molecule has 10 heavy (non-hydrogen) atoms. The van der Waals surface area contributed by atoms with E-state index < -0.39 is 0 Å². The van der Waals surface area contributed by atoms with Crippen molar-refractivity contribution in [1.29, 1.82) is 0 Å². The average molecular weight is 161 g/mol. The summed E-state index contributed by atoms with van der Waals surface area (Å²) in [5.74, 6) is 0.161. The third kappa shape index (κ3) is 2.99.